The van der Waals surface area contributed by atoms with Crippen LogP contribution in [0.25, 0.3) is 6.08 Å². The molecule has 0 fully saturated rings. The molecule has 4 N–H and O–H groups in total. The zero-order valence-electron chi connectivity index (χ0n) is 15.5. The smallest absolute Gasteiger partial charge is 0.419 e. The summed E-state index contributed by atoms with van der Waals surface area (Å²) in [6.45, 7) is 1.29. The highest BCUT2D eigenvalue weighted by Gasteiger charge is 2.34. The normalized spacial score (nSPS) is 12.3. The van der Waals surface area contributed by atoms with Crippen LogP contribution in [-0.4, -0.2) is 35.6 Å². The third-order valence-corrected chi connectivity index (χ3v) is 4.01. The van der Waals surface area contributed by atoms with E-state index in [1.165, 1.54) is 24.3 Å². The summed E-state index contributed by atoms with van der Waals surface area (Å²) in [4.78, 5) is 0. The van der Waals surface area contributed by atoms with Crippen LogP contribution in [-0.2, 0) is 6.18 Å². The Kier molecular flexibility index (Phi) is 11.7. The molecule has 0 atom stereocenters. The zero-order chi connectivity index (χ0) is 19.6. The van der Waals surface area contributed by atoms with Crippen LogP contribution in [0, 0.1) is 0 Å². The van der Waals surface area contributed by atoms with Gasteiger partial charge in [0.2, 0.25) is 0 Å². The van der Waals surface area contributed by atoms with Crippen LogP contribution in [0.3, 0.4) is 0 Å². The Morgan fingerprint density at radius 2 is 1.70 bits per heavy atom. The van der Waals surface area contributed by atoms with E-state index in [4.69, 9.17) is 20.7 Å². The molecule has 0 aliphatic carbocycles. The first-order chi connectivity index (χ1) is 12.3. The number of benzene rings is 1. The van der Waals surface area contributed by atoms with Crippen molar-refractivity contribution in [1.82, 2.24) is 0 Å². The summed E-state index contributed by atoms with van der Waals surface area (Å²) in [7, 11) is 0. The lowest BCUT2D eigenvalue weighted by Crippen LogP contribution is -2.45. The molecular formula is C19H29ClF3NO3. The Hall–Kier alpha value is -1.28. The molecule has 0 aliphatic heterocycles. The van der Waals surface area contributed by atoms with Crippen molar-refractivity contribution >= 4 is 18.5 Å². The van der Waals surface area contributed by atoms with Crippen molar-refractivity contribution < 1.29 is 28.1 Å². The fourth-order valence-corrected chi connectivity index (χ4v) is 2.30. The Balaban J connectivity index is 0.00000676. The molecule has 0 saturated carbocycles. The second kappa shape index (κ2) is 12.2. The molecule has 156 valence electrons. The van der Waals surface area contributed by atoms with Crippen LogP contribution in [0.1, 0.15) is 50.2 Å². The maximum atomic E-state index is 13.3. The van der Waals surface area contributed by atoms with Crippen LogP contribution >= 0.6 is 12.4 Å². The average Bonchev–Trinajstić information content (AvgIpc) is 2.62. The van der Waals surface area contributed by atoms with Crippen molar-refractivity contribution in [1.29, 1.82) is 0 Å². The Labute approximate surface area is 164 Å². The molecule has 8 heteroatoms. The fraction of sp³-hybridized carbons (Fsp3) is 0.579. The first-order valence-electron chi connectivity index (χ1n) is 8.79. The highest BCUT2D eigenvalue weighted by atomic mass is 35.5. The topological polar surface area (TPSA) is 75.7 Å². The van der Waals surface area contributed by atoms with Crippen molar-refractivity contribution in [2.75, 3.05) is 19.8 Å². The second-order valence-electron chi connectivity index (χ2n) is 6.40. The van der Waals surface area contributed by atoms with Gasteiger partial charge in [-0.05, 0) is 24.1 Å². The number of rotatable bonds is 11. The van der Waals surface area contributed by atoms with Crippen LogP contribution in [0.15, 0.2) is 24.3 Å². The quantitative estimate of drug-likeness (QED) is 0.478. The molecule has 1 rings (SSSR count). The summed E-state index contributed by atoms with van der Waals surface area (Å²) >= 11 is 0. The minimum absolute atomic E-state index is 0. The molecule has 0 unspecified atom stereocenters. The predicted molar refractivity (Wildman–Crippen MR) is 103 cm³/mol. The van der Waals surface area contributed by atoms with Gasteiger partial charge in [-0.15, -0.1) is 12.4 Å². The predicted octanol–water partition coefficient (Wildman–Crippen LogP) is 4.17. The van der Waals surface area contributed by atoms with E-state index in [2.05, 4.69) is 6.92 Å². The number of aliphatic hydroxyl groups is 2. The molecule has 0 heterocycles. The highest BCUT2D eigenvalue weighted by Crippen LogP contribution is 2.37. The molecule has 0 aromatic heterocycles. The Bertz CT molecular complexity index is 576. The number of hydrogen-bond donors (Lipinski definition) is 3. The summed E-state index contributed by atoms with van der Waals surface area (Å²) < 4.78 is 45.2. The van der Waals surface area contributed by atoms with Gasteiger partial charge in [-0.2, -0.15) is 13.2 Å². The molecule has 0 radical (unpaired) electrons. The highest BCUT2D eigenvalue weighted by molar-refractivity contribution is 5.85. The van der Waals surface area contributed by atoms with E-state index < -0.39 is 30.5 Å². The fourth-order valence-electron chi connectivity index (χ4n) is 2.30. The van der Waals surface area contributed by atoms with Crippen molar-refractivity contribution in [2.24, 2.45) is 5.73 Å². The molecule has 27 heavy (non-hydrogen) atoms. The largest absolute Gasteiger partial charge is 0.493 e. The van der Waals surface area contributed by atoms with Gasteiger partial charge in [0.25, 0.3) is 0 Å². The SMILES string of the molecule is CCCCCCCOc1ccc(/C=C/C(N)(CO)CO)cc1C(F)(F)F.Cl. The second-order valence-corrected chi connectivity index (χ2v) is 6.40. The number of nitrogens with two attached hydrogens (primary N) is 1. The van der Waals surface area contributed by atoms with Gasteiger partial charge in [-0.3, -0.25) is 0 Å². The maximum absolute atomic E-state index is 13.3. The number of unbranched alkanes of at least 4 members (excludes halogenated alkanes) is 4. The van der Waals surface area contributed by atoms with E-state index in [1.807, 2.05) is 0 Å². The maximum Gasteiger partial charge on any atom is 0.419 e. The van der Waals surface area contributed by atoms with E-state index in [0.717, 1.165) is 31.7 Å². The Morgan fingerprint density at radius 1 is 1.07 bits per heavy atom. The summed E-state index contributed by atoms with van der Waals surface area (Å²) in [5, 5.41) is 18.3. The van der Waals surface area contributed by atoms with Crippen LogP contribution < -0.4 is 10.5 Å². The van der Waals surface area contributed by atoms with Gasteiger partial charge < -0.3 is 20.7 Å². The van der Waals surface area contributed by atoms with Gasteiger partial charge in [0, 0.05) is 0 Å². The van der Waals surface area contributed by atoms with Crippen molar-refractivity contribution in [2.45, 2.75) is 50.7 Å². The van der Waals surface area contributed by atoms with E-state index in [9.17, 15) is 13.2 Å². The monoisotopic (exact) mass is 411 g/mol. The van der Waals surface area contributed by atoms with Gasteiger partial charge in [-0.1, -0.05) is 50.8 Å². The van der Waals surface area contributed by atoms with Gasteiger partial charge in [0.1, 0.15) is 5.75 Å². The lowest BCUT2D eigenvalue weighted by molar-refractivity contribution is -0.139. The number of hydrogen-bond acceptors (Lipinski definition) is 4. The lowest BCUT2D eigenvalue weighted by Gasteiger charge is -2.20. The van der Waals surface area contributed by atoms with Gasteiger partial charge in [0.15, 0.2) is 0 Å². The van der Waals surface area contributed by atoms with E-state index in [1.54, 1.807) is 0 Å². The number of halogens is 4. The molecule has 0 bridgehead atoms. The minimum Gasteiger partial charge on any atom is -0.493 e. The molecule has 0 saturated heterocycles. The minimum atomic E-state index is -4.55. The molecule has 4 nitrogen and oxygen atoms in total. The van der Waals surface area contributed by atoms with Crippen LogP contribution in [0.2, 0.25) is 0 Å². The first kappa shape index (κ1) is 25.7. The molecule has 0 aliphatic rings. The molecule has 1 aromatic rings. The average molecular weight is 412 g/mol. The lowest BCUT2D eigenvalue weighted by atomic mass is 10.0. The van der Waals surface area contributed by atoms with Crippen molar-refractivity contribution in [3.63, 3.8) is 0 Å². The van der Waals surface area contributed by atoms with Crippen LogP contribution in [0.5, 0.6) is 5.75 Å². The van der Waals surface area contributed by atoms with Gasteiger partial charge >= 0.3 is 6.18 Å². The zero-order valence-corrected chi connectivity index (χ0v) is 16.3. The number of alkyl halides is 3. The molecule has 0 amide bonds. The summed E-state index contributed by atoms with van der Waals surface area (Å²) in [5.41, 5.74) is 3.69. The number of ether oxygens (including phenoxy) is 1. The summed E-state index contributed by atoms with van der Waals surface area (Å²) in [5.74, 6) is -0.200. The Morgan fingerprint density at radius 3 is 2.26 bits per heavy atom. The summed E-state index contributed by atoms with van der Waals surface area (Å²) in [6.07, 6.45) is 2.98. The van der Waals surface area contributed by atoms with Crippen molar-refractivity contribution in [3.8, 4) is 5.75 Å². The van der Waals surface area contributed by atoms with Gasteiger partial charge in [0.05, 0.1) is 30.9 Å². The van der Waals surface area contributed by atoms with Gasteiger partial charge in [-0.25, -0.2) is 0 Å². The standard InChI is InChI=1S/C19H28F3NO3.ClH/c1-2-3-4-5-6-11-26-17-8-7-15(12-16(17)19(20,21)22)9-10-18(23,13-24)14-25;/h7-10,12,24-25H,2-6,11,13-14,23H2,1H3;1H/b10-9+;. The van der Waals surface area contributed by atoms with E-state index in [-0.39, 0.29) is 30.3 Å². The molecule has 0 spiro atoms. The summed E-state index contributed by atoms with van der Waals surface area (Å²) in [6, 6.07) is 3.73. The number of aliphatic hydroxyl groups excluding tert-OH is 2. The van der Waals surface area contributed by atoms with Crippen molar-refractivity contribution in [3.05, 3.63) is 35.4 Å². The third-order valence-electron chi connectivity index (χ3n) is 4.01. The van der Waals surface area contributed by atoms with E-state index in [0.29, 0.717) is 6.42 Å². The molecule has 1 aromatic carbocycles. The third kappa shape index (κ3) is 8.97. The first-order valence-corrected chi connectivity index (χ1v) is 8.79. The van der Waals surface area contributed by atoms with E-state index >= 15 is 0 Å². The molecular weight excluding hydrogens is 383 g/mol. The van der Waals surface area contributed by atoms with Crippen LogP contribution in [0.4, 0.5) is 13.2 Å².